The number of nitrogens with zero attached hydrogens (tertiary/aromatic N) is 2. The number of hydrogen-bond donors (Lipinski definition) is 2. The molecule has 1 aliphatic rings. The summed E-state index contributed by atoms with van der Waals surface area (Å²) in [7, 11) is 0. The molecule has 0 aliphatic carbocycles. The van der Waals surface area contributed by atoms with Crippen LogP contribution in [0.1, 0.15) is 21.6 Å². The van der Waals surface area contributed by atoms with E-state index in [1.54, 1.807) is 30.5 Å². The molecule has 2 heterocycles. The Morgan fingerprint density at radius 2 is 1.96 bits per heavy atom. The van der Waals surface area contributed by atoms with E-state index in [9.17, 15) is 4.79 Å². The van der Waals surface area contributed by atoms with Crippen LogP contribution in [0, 0.1) is 11.3 Å². The van der Waals surface area contributed by atoms with E-state index in [2.05, 4.69) is 21.7 Å². The maximum atomic E-state index is 12.3. The second-order valence-corrected chi connectivity index (χ2v) is 6.08. The number of pyridine rings is 1. The first-order valence-corrected chi connectivity index (χ1v) is 8.62. The van der Waals surface area contributed by atoms with Gasteiger partial charge in [-0.05, 0) is 42.0 Å². The molecule has 1 aliphatic heterocycles. The van der Waals surface area contributed by atoms with Gasteiger partial charge in [0.05, 0.1) is 23.1 Å². The number of hydrogen-bond acceptors (Lipinski definition) is 6. The van der Waals surface area contributed by atoms with Gasteiger partial charge in [0.15, 0.2) is 11.5 Å². The fourth-order valence-corrected chi connectivity index (χ4v) is 2.77. The number of carbonyl (C=O) groups excluding carboxylic acids is 1. The normalized spacial score (nSPS) is 11.5. The number of para-hydroxylation sites is 1. The van der Waals surface area contributed by atoms with Gasteiger partial charge in [0.25, 0.3) is 5.91 Å². The predicted molar refractivity (Wildman–Crippen MR) is 102 cm³/mol. The molecule has 1 amide bonds. The van der Waals surface area contributed by atoms with Crippen LogP contribution in [0.15, 0.2) is 60.8 Å². The lowest BCUT2D eigenvalue weighted by Crippen LogP contribution is -2.23. The van der Waals surface area contributed by atoms with Gasteiger partial charge in [0, 0.05) is 6.54 Å². The first kappa shape index (κ1) is 17.4. The third-order valence-corrected chi connectivity index (χ3v) is 4.21. The minimum atomic E-state index is -0.276. The van der Waals surface area contributed by atoms with Gasteiger partial charge in [-0.1, -0.05) is 18.2 Å². The molecular formula is C21H16N4O3. The molecule has 0 fully saturated rings. The standard InChI is InChI=1S/C21H16N4O3/c22-10-15-3-1-2-4-17(15)25-16-6-7-18(23-12-16)21(26)24-11-14-5-8-19-20(9-14)28-13-27-19/h1-9,12,25H,11,13H2,(H,24,26). The number of anilines is 2. The van der Waals surface area contributed by atoms with Crippen molar-refractivity contribution in [3.05, 3.63) is 77.6 Å². The van der Waals surface area contributed by atoms with Crippen molar-refractivity contribution in [3.63, 3.8) is 0 Å². The molecule has 138 valence electrons. The summed E-state index contributed by atoms with van der Waals surface area (Å²) < 4.78 is 10.6. The van der Waals surface area contributed by atoms with E-state index in [4.69, 9.17) is 14.7 Å². The fraction of sp³-hybridized carbons (Fsp3) is 0.0952. The van der Waals surface area contributed by atoms with Crippen molar-refractivity contribution < 1.29 is 14.3 Å². The summed E-state index contributed by atoms with van der Waals surface area (Å²) in [5.74, 6) is 1.11. The number of amides is 1. The molecule has 2 N–H and O–H groups in total. The molecule has 7 nitrogen and oxygen atoms in total. The Labute approximate surface area is 161 Å². The lowest BCUT2D eigenvalue weighted by atomic mass is 10.2. The summed E-state index contributed by atoms with van der Waals surface area (Å²) in [4.78, 5) is 16.5. The van der Waals surface area contributed by atoms with Crippen molar-refractivity contribution in [3.8, 4) is 17.6 Å². The molecular weight excluding hydrogens is 356 g/mol. The van der Waals surface area contributed by atoms with E-state index in [-0.39, 0.29) is 12.7 Å². The lowest BCUT2D eigenvalue weighted by molar-refractivity contribution is 0.0946. The van der Waals surface area contributed by atoms with Crippen molar-refractivity contribution in [2.24, 2.45) is 0 Å². The Hall–Kier alpha value is -4.05. The Bertz CT molecular complexity index is 1060. The molecule has 0 spiro atoms. The summed E-state index contributed by atoms with van der Waals surface area (Å²) >= 11 is 0. The molecule has 0 unspecified atom stereocenters. The molecule has 4 rings (SSSR count). The highest BCUT2D eigenvalue weighted by molar-refractivity contribution is 5.92. The van der Waals surface area contributed by atoms with E-state index >= 15 is 0 Å². The van der Waals surface area contributed by atoms with Crippen molar-refractivity contribution in [2.45, 2.75) is 6.54 Å². The molecule has 0 atom stereocenters. The maximum absolute atomic E-state index is 12.3. The highest BCUT2D eigenvalue weighted by atomic mass is 16.7. The minimum absolute atomic E-state index is 0.217. The average molecular weight is 372 g/mol. The van der Waals surface area contributed by atoms with Gasteiger partial charge >= 0.3 is 0 Å². The Morgan fingerprint density at radius 1 is 1.11 bits per heavy atom. The van der Waals surface area contributed by atoms with Gasteiger partial charge in [-0.3, -0.25) is 4.79 Å². The monoisotopic (exact) mass is 372 g/mol. The molecule has 0 saturated carbocycles. The summed E-state index contributed by atoms with van der Waals surface area (Å²) in [5, 5.41) is 15.1. The summed E-state index contributed by atoms with van der Waals surface area (Å²) in [6.45, 7) is 0.570. The Kier molecular flexibility index (Phi) is 4.76. The highest BCUT2D eigenvalue weighted by Gasteiger charge is 2.14. The van der Waals surface area contributed by atoms with Crippen LogP contribution in [-0.2, 0) is 6.54 Å². The number of nitrogens with one attached hydrogen (secondary N) is 2. The average Bonchev–Trinajstić information content (AvgIpc) is 3.21. The van der Waals surface area contributed by atoms with Crippen LogP contribution in [-0.4, -0.2) is 17.7 Å². The van der Waals surface area contributed by atoms with Crippen molar-refractivity contribution in [1.29, 1.82) is 5.26 Å². The zero-order chi connectivity index (χ0) is 19.3. The summed E-state index contributed by atoms with van der Waals surface area (Å²) in [6, 6.07) is 18.2. The second kappa shape index (κ2) is 7.68. The van der Waals surface area contributed by atoms with Crippen molar-refractivity contribution >= 4 is 17.3 Å². The topological polar surface area (TPSA) is 96.3 Å². The number of nitriles is 1. The smallest absolute Gasteiger partial charge is 0.270 e. The van der Waals surface area contributed by atoms with Crippen LogP contribution in [0.2, 0.25) is 0 Å². The van der Waals surface area contributed by atoms with Crippen molar-refractivity contribution in [1.82, 2.24) is 10.3 Å². The van der Waals surface area contributed by atoms with Crippen LogP contribution >= 0.6 is 0 Å². The van der Waals surface area contributed by atoms with Gasteiger partial charge in [-0.15, -0.1) is 0 Å². The first-order valence-electron chi connectivity index (χ1n) is 8.62. The molecule has 0 saturated heterocycles. The minimum Gasteiger partial charge on any atom is -0.454 e. The highest BCUT2D eigenvalue weighted by Crippen LogP contribution is 2.32. The number of rotatable bonds is 5. The molecule has 1 aromatic heterocycles. The zero-order valence-electron chi connectivity index (χ0n) is 14.8. The van der Waals surface area contributed by atoms with Gasteiger partial charge in [-0.25, -0.2) is 4.98 Å². The van der Waals surface area contributed by atoms with E-state index in [1.807, 2.05) is 30.3 Å². The van der Waals surface area contributed by atoms with E-state index in [1.165, 1.54) is 0 Å². The largest absolute Gasteiger partial charge is 0.454 e. The number of ether oxygens (including phenoxy) is 2. The second-order valence-electron chi connectivity index (χ2n) is 6.08. The number of carbonyl (C=O) groups is 1. The van der Waals surface area contributed by atoms with Gasteiger partial charge in [0.1, 0.15) is 11.8 Å². The molecule has 28 heavy (non-hydrogen) atoms. The van der Waals surface area contributed by atoms with Crippen LogP contribution in [0.3, 0.4) is 0 Å². The van der Waals surface area contributed by atoms with Crippen molar-refractivity contribution in [2.75, 3.05) is 12.1 Å². The third kappa shape index (κ3) is 3.71. The van der Waals surface area contributed by atoms with Crippen LogP contribution in [0.25, 0.3) is 0 Å². The van der Waals surface area contributed by atoms with Crippen LogP contribution < -0.4 is 20.1 Å². The number of fused-ring (bicyclic) bond motifs is 1. The fourth-order valence-electron chi connectivity index (χ4n) is 2.77. The summed E-state index contributed by atoms with van der Waals surface area (Å²) in [5.41, 5.74) is 3.12. The molecule has 0 bridgehead atoms. The first-order chi connectivity index (χ1) is 13.7. The zero-order valence-corrected chi connectivity index (χ0v) is 14.8. The number of benzene rings is 2. The van der Waals surface area contributed by atoms with Gasteiger partial charge in [-0.2, -0.15) is 5.26 Å². The maximum Gasteiger partial charge on any atom is 0.270 e. The quantitative estimate of drug-likeness (QED) is 0.713. The van der Waals surface area contributed by atoms with E-state index in [0.717, 1.165) is 5.56 Å². The molecule has 3 aromatic rings. The SMILES string of the molecule is N#Cc1ccccc1Nc1ccc(C(=O)NCc2ccc3c(c2)OCO3)nc1. The van der Waals surface area contributed by atoms with E-state index in [0.29, 0.717) is 40.7 Å². The Balaban J connectivity index is 1.38. The van der Waals surface area contributed by atoms with Crippen LogP contribution in [0.4, 0.5) is 11.4 Å². The van der Waals surface area contributed by atoms with Crippen LogP contribution in [0.5, 0.6) is 11.5 Å². The lowest BCUT2D eigenvalue weighted by Gasteiger charge is -2.09. The third-order valence-electron chi connectivity index (χ3n) is 4.21. The van der Waals surface area contributed by atoms with Gasteiger partial charge in [0.2, 0.25) is 6.79 Å². The Morgan fingerprint density at radius 3 is 2.79 bits per heavy atom. The number of aromatic nitrogens is 1. The molecule has 0 radical (unpaired) electrons. The molecule has 7 heteroatoms. The summed E-state index contributed by atoms with van der Waals surface area (Å²) in [6.07, 6.45) is 1.56. The molecule has 2 aromatic carbocycles. The van der Waals surface area contributed by atoms with Gasteiger partial charge < -0.3 is 20.1 Å². The van der Waals surface area contributed by atoms with E-state index < -0.39 is 0 Å². The predicted octanol–water partition coefficient (Wildman–Crippen LogP) is 3.36.